The highest BCUT2D eigenvalue weighted by atomic mass is 31.2. The molecule has 0 fully saturated rings. The molecule has 4 nitrogen and oxygen atoms in total. The Labute approximate surface area is 128 Å². The van der Waals surface area contributed by atoms with Crippen molar-refractivity contribution in [3.63, 3.8) is 0 Å². The van der Waals surface area contributed by atoms with Crippen LogP contribution in [0.3, 0.4) is 0 Å². The van der Waals surface area contributed by atoms with Crippen LogP contribution in [0.2, 0.25) is 0 Å². The average molecular weight is 312 g/mol. The molecule has 0 unspecified atom stereocenters. The number of carbonyl (C=O) groups is 1. The second kappa shape index (κ2) is 6.87. The molecule has 0 aliphatic carbocycles. The van der Waals surface area contributed by atoms with Crippen LogP contribution in [0, 0.1) is 19.8 Å². The minimum atomic E-state index is -2.48. The van der Waals surface area contributed by atoms with Crippen LogP contribution >= 0.6 is 8.60 Å². The predicted octanol–water partition coefficient (Wildman–Crippen LogP) is 3.79. The van der Waals surface area contributed by atoms with Gasteiger partial charge in [0, 0.05) is 23.3 Å². The molecule has 0 aromatic heterocycles. The molecule has 5 heteroatoms. The lowest BCUT2D eigenvalue weighted by atomic mass is 9.76. The zero-order valence-corrected chi connectivity index (χ0v) is 14.5. The fraction of sp³-hybridized carbons (Fsp3) is 0.562. The molecule has 1 aromatic rings. The Morgan fingerprint density at radius 3 is 2.33 bits per heavy atom. The van der Waals surface area contributed by atoms with Crippen LogP contribution in [0.1, 0.15) is 50.8 Å². The van der Waals surface area contributed by atoms with Gasteiger partial charge in [-0.25, -0.2) is 0 Å². The van der Waals surface area contributed by atoms with Crippen molar-refractivity contribution in [1.29, 1.82) is 0 Å². The molecule has 0 atom stereocenters. The standard InChI is InChI=1S/C16H25O4P/c1-10(2)13(17)9-16(5,6)15-12(4)7-11(3)8-14(15)20-21(18)19/h7-8,10,18-19H,9H2,1-6H3. The van der Waals surface area contributed by atoms with Gasteiger partial charge in [0.25, 0.3) is 0 Å². The van der Waals surface area contributed by atoms with Crippen molar-refractivity contribution in [2.75, 3.05) is 0 Å². The summed E-state index contributed by atoms with van der Waals surface area (Å²) in [5.41, 5.74) is 2.40. The van der Waals surface area contributed by atoms with E-state index in [2.05, 4.69) is 0 Å². The highest BCUT2D eigenvalue weighted by molar-refractivity contribution is 7.39. The normalized spacial score (nSPS) is 12.1. The summed E-state index contributed by atoms with van der Waals surface area (Å²) in [7, 11) is -2.48. The Bertz CT molecular complexity index is 521. The molecule has 0 radical (unpaired) electrons. The number of ketones is 1. The molecule has 0 heterocycles. The maximum absolute atomic E-state index is 12.1. The average Bonchev–Trinajstić information content (AvgIpc) is 2.24. The van der Waals surface area contributed by atoms with Gasteiger partial charge in [0.1, 0.15) is 11.5 Å². The van der Waals surface area contributed by atoms with Crippen LogP contribution in [-0.2, 0) is 10.2 Å². The largest absolute Gasteiger partial charge is 0.427 e. The lowest BCUT2D eigenvalue weighted by molar-refractivity contribution is -0.122. The second-order valence-corrected chi connectivity index (χ2v) is 7.17. The fourth-order valence-corrected chi connectivity index (χ4v) is 3.00. The number of Topliss-reactive ketones (excluding diaryl/α,β-unsaturated/α-hetero) is 1. The molecule has 0 saturated heterocycles. The van der Waals surface area contributed by atoms with Crippen LogP contribution in [0.15, 0.2) is 12.1 Å². The maximum Gasteiger partial charge on any atom is 0.391 e. The summed E-state index contributed by atoms with van der Waals surface area (Å²) in [5.74, 6) is 0.610. The van der Waals surface area contributed by atoms with Gasteiger partial charge >= 0.3 is 8.60 Å². The predicted molar refractivity (Wildman–Crippen MR) is 85.4 cm³/mol. The van der Waals surface area contributed by atoms with Crippen molar-refractivity contribution in [3.05, 3.63) is 28.8 Å². The molecule has 1 aromatic carbocycles. The quantitative estimate of drug-likeness (QED) is 0.784. The Morgan fingerprint density at radius 2 is 1.86 bits per heavy atom. The van der Waals surface area contributed by atoms with Crippen molar-refractivity contribution in [1.82, 2.24) is 0 Å². The van der Waals surface area contributed by atoms with Gasteiger partial charge < -0.3 is 14.3 Å². The van der Waals surface area contributed by atoms with E-state index in [0.717, 1.165) is 16.7 Å². The highest BCUT2D eigenvalue weighted by Crippen LogP contribution is 2.42. The van der Waals surface area contributed by atoms with Crippen molar-refractivity contribution in [2.45, 2.75) is 53.4 Å². The molecule has 21 heavy (non-hydrogen) atoms. The van der Waals surface area contributed by atoms with E-state index < -0.39 is 14.0 Å². The Hall–Kier alpha value is -0.960. The number of rotatable bonds is 6. The first-order valence-corrected chi connectivity index (χ1v) is 8.21. The summed E-state index contributed by atoms with van der Waals surface area (Å²) in [6, 6.07) is 3.80. The zero-order chi connectivity index (χ0) is 16.4. The van der Waals surface area contributed by atoms with E-state index in [1.54, 1.807) is 6.07 Å². The van der Waals surface area contributed by atoms with E-state index >= 15 is 0 Å². The molecule has 0 bridgehead atoms. The summed E-state index contributed by atoms with van der Waals surface area (Å²) in [6.45, 7) is 11.6. The number of aryl methyl sites for hydroxylation is 2. The monoisotopic (exact) mass is 312 g/mol. The summed E-state index contributed by atoms with van der Waals surface area (Å²) < 4.78 is 5.20. The van der Waals surface area contributed by atoms with Crippen LogP contribution in [0.5, 0.6) is 5.75 Å². The zero-order valence-electron chi connectivity index (χ0n) is 13.6. The Balaban J connectivity index is 3.29. The highest BCUT2D eigenvalue weighted by Gasteiger charge is 2.31. The fourth-order valence-electron chi connectivity index (χ4n) is 2.68. The second-order valence-electron chi connectivity index (χ2n) is 6.48. The third-order valence-corrected chi connectivity index (χ3v) is 3.92. The molecule has 118 valence electrons. The van der Waals surface area contributed by atoms with Gasteiger partial charge in [-0.3, -0.25) is 4.79 Å². The van der Waals surface area contributed by atoms with Gasteiger partial charge in [-0.05, 0) is 31.0 Å². The molecular weight excluding hydrogens is 287 g/mol. The lowest BCUT2D eigenvalue weighted by Gasteiger charge is -2.29. The van der Waals surface area contributed by atoms with Crippen molar-refractivity contribution < 1.29 is 19.1 Å². The first-order chi connectivity index (χ1) is 9.54. The van der Waals surface area contributed by atoms with Crippen molar-refractivity contribution in [2.24, 2.45) is 5.92 Å². The Kier molecular flexibility index (Phi) is 5.92. The van der Waals surface area contributed by atoms with E-state index in [0.29, 0.717) is 12.2 Å². The lowest BCUT2D eigenvalue weighted by Crippen LogP contribution is -2.26. The van der Waals surface area contributed by atoms with Gasteiger partial charge in [0.05, 0.1) is 0 Å². The molecule has 1 rings (SSSR count). The number of carbonyl (C=O) groups excluding carboxylic acids is 1. The summed E-state index contributed by atoms with van der Waals surface area (Å²) in [4.78, 5) is 30.5. The van der Waals surface area contributed by atoms with E-state index in [1.807, 2.05) is 47.6 Å². The van der Waals surface area contributed by atoms with Gasteiger partial charge in [0.2, 0.25) is 0 Å². The van der Waals surface area contributed by atoms with Crippen LogP contribution < -0.4 is 4.52 Å². The van der Waals surface area contributed by atoms with Crippen molar-refractivity contribution >= 4 is 14.4 Å². The first-order valence-electron chi connectivity index (χ1n) is 7.05. The van der Waals surface area contributed by atoms with E-state index in [-0.39, 0.29) is 11.7 Å². The molecule has 2 N–H and O–H groups in total. The third kappa shape index (κ3) is 4.77. The van der Waals surface area contributed by atoms with Crippen LogP contribution in [0.25, 0.3) is 0 Å². The third-order valence-electron chi connectivity index (χ3n) is 3.56. The smallest absolute Gasteiger partial charge is 0.391 e. The van der Waals surface area contributed by atoms with E-state index in [9.17, 15) is 14.6 Å². The molecule has 0 aliphatic heterocycles. The topological polar surface area (TPSA) is 66.8 Å². The van der Waals surface area contributed by atoms with E-state index in [4.69, 9.17) is 4.52 Å². The first kappa shape index (κ1) is 18.1. The summed E-state index contributed by atoms with van der Waals surface area (Å²) >= 11 is 0. The van der Waals surface area contributed by atoms with Gasteiger partial charge in [-0.2, -0.15) is 0 Å². The SMILES string of the molecule is Cc1cc(C)c(C(C)(C)CC(=O)C(C)C)c(OP(O)O)c1. The summed E-state index contributed by atoms with van der Waals surface area (Å²) in [5, 5.41) is 0. The van der Waals surface area contributed by atoms with Gasteiger partial charge in [-0.15, -0.1) is 0 Å². The van der Waals surface area contributed by atoms with Crippen LogP contribution in [-0.4, -0.2) is 15.6 Å². The summed E-state index contributed by atoms with van der Waals surface area (Å²) in [6.07, 6.45) is 0.389. The number of benzene rings is 1. The van der Waals surface area contributed by atoms with E-state index in [1.165, 1.54) is 0 Å². The Morgan fingerprint density at radius 1 is 1.29 bits per heavy atom. The number of hydrogen-bond acceptors (Lipinski definition) is 4. The molecule has 0 saturated carbocycles. The molecule has 0 aliphatic rings. The molecular formula is C16H25O4P. The minimum absolute atomic E-state index is 0.0211. The molecule has 0 spiro atoms. The van der Waals surface area contributed by atoms with Crippen molar-refractivity contribution in [3.8, 4) is 5.75 Å². The van der Waals surface area contributed by atoms with Gasteiger partial charge in [0.15, 0.2) is 0 Å². The number of hydrogen-bond donors (Lipinski definition) is 2. The minimum Gasteiger partial charge on any atom is -0.427 e. The maximum atomic E-state index is 12.1. The van der Waals surface area contributed by atoms with Gasteiger partial charge in [-0.1, -0.05) is 33.8 Å². The molecule has 0 amide bonds. The van der Waals surface area contributed by atoms with Crippen LogP contribution in [0.4, 0.5) is 0 Å².